The van der Waals surface area contributed by atoms with Crippen LogP contribution in [-0.2, 0) is 9.47 Å². The first-order chi connectivity index (χ1) is 18.0. The molecule has 0 aromatic carbocycles. The van der Waals surface area contributed by atoms with Crippen LogP contribution in [-0.4, -0.2) is 76.4 Å². The summed E-state index contributed by atoms with van der Waals surface area (Å²) in [6.07, 6.45) is -0.0365. The third-order valence-electron chi connectivity index (χ3n) is 7.49. The zero-order valence-electron chi connectivity index (χ0n) is 20.8. The highest BCUT2D eigenvalue weighted by Gasteiger charge is 2.48. The number of methoxy groups -OCH3 is 1. The van der Waals surface area contributed by atoms with Crippen molar-refractivity contribution in [2.24, 2.45) is 5.92 Å². The Labute approximate surface area is 216 Å². The lowest BCUT2D eigenvalue weighted by molar-refractivity contribution is -0.144. The molecule has 3 heterocycles. The summed E-state index contributed by atoms with van der Waals surface area (Å²) >= 11 is 0. The molecule has 3 fully saturated rings. The highest BCUT2D eigenvalue weighted by Crippen LogP contribution is 2.42. The number of hydrogen-bond donors (Lipinski definition) is 2. The van der Waals surface area contributed by atoms with Gasteiger partial charge in [-0.1, -0.05) is 0 Å². The van der Waals surface area contributed by atoms with Gasteiger partial charge in [-0.25, -0.2) is 36.7 Å². The summed E-state index contributed by atoms with van der Waals surface area (Å²) < 4.78 is 66.0. The molecule has 1 saturated heterocycles. The highest BCUT2D eigenvalue weighted by atomic mass is 19.3. The molecule has 1 aliphatic heterocycles. The van der Waals surface area contributed by atoms with Crippen molar-refractivity contribution in [3.05, 3.63) is 29.7 Å². The van der Waals surface area contributed by atoms with Crippen molar-refractivity contribution in [2.45, 2.75) is 68.6 Å². The van der Waals surface area contributed by atoms with Gasteiger partial charge < -0.3 is 25.0 Å². The summed E-state index contributed by atoms with van der Waals surface area (Å²) in [5.41, 5.74) is 1.52. The lowest BCUT2D eigenvalue weighted by atomic mass is 9.81. The van der Waals surface area contributed by atoms with Crippen molar-refractivity contribution in [3.8, 4) is 0 Å². The minimum atomic E-state index is -2.85. The van der Waals surface area contributed by atoms with Gasteiger partial charge in [0.2, 0.25) is 5.92 Å². The molecule has 14 heteroatoms. The van der Waals surface area contributed by atoms with Crippen LogP contribution in [0.1, 0.15) is 61.9 Å². The smallest absolute Gasteiger partial charge is 0.407 e. The number of aromatic nitrogens is 3. The Balaban J connectivity index is 1.39. The summed E-state index contributed by atoms with van der Waals surface area (Å²) in [5.74, 6) is -5.98. The second kappa shape index (κ2) is 10.2. The van der Waals surface area contributed by atoms with Gasteiger partial charge in [0, 0.05) is 51.4 Å². The lowest BCUT2D eigenvalue weighted by Crippen LogP contribution is -2.45. The summed E-state index contributed by atoms with van der Waals surface area (Å²) in [4.78, 5) is 31.1. The van der Waals surface area contributed by atoms with Crippen molar-refractivity contribution < 1.29 is 36.6 Å². The molecule has 5 rings (SSSR count). The number of rotatable bonds is 8. The van der Waals surface area contributed by atoms with Gasteiger partial charge in [0.1, 0.15) is 6.10 Å². The third kappa shape index (κ3) is 5.64. The Kier molecular flexibility index (Phi) is 7.09. The highest BCUT2D eigenvalue weighted by molar-refractivity contribution is 5.76. The van der Waals surface area contributed by atoms with Crippen LogP contribution in [0.4, 0.5) is 27.2 Å². The van der Waals surface area contributed by atoms with Gasteiger partial charge >= 0.3 is 12.1 Å². The molecule has 2 N–H and O–H groups in total. The van der Waals surface area contributed by atoms with Crippen molar-refractivity contribution >= 4 is 17.8 Å². The molecule has 2 saturated carbocycles. The normalized spacial score (nSPS) is 23.1. The topological polar surface area (TPSA) is 110 Å². The van der Waals surface area contributed by atoms with Gasteiger partial charge in [0.05, 0.1) is 36.8 Å². The number of halogens is 4. The number of hydrogen-bond acceptors (Lipinski definition) is 6. The SMILES string of the molecule is COCC(c1cnn2cc(C(NC(=O)OC3CC(F)(F)C3)C3CCC(F)(F)CC3)nc2c1)N1CCNC1=O. The fourth-order valence-corrected chi connectivity index (χ4v) is 5.38. The van der Waals surface area contributed by atoms with E-state index in [2.05, 4.69) is 20.7 Å². The van der Waals surface area contributed by atoms with Crippen LogP contribution in [0.15, 0.2) is 18.5 Å². The van der Waals surface area contributed by atoms with Gasteiger partial charge in [-0.05, 0) is 24.8 Å². The molecular weight excluding hydrogens is 512 g/mol. The molecule has 10 nitrogen and oxygen atoms in total. The summed E-state index contributed by atoms with van der Waals surface area (Å²) in [6, 6.07) is 0.373. The van der Waals surface area contributed by atoms with E-state index in [4.69, 9.17) is 9.47 Å². The van der Waals surface area contributed by atoms with E-state index >= 15 is 0 Å². The van der Waals surface area contributed by atoms with Gasteiger partial charge in [-0.3, -0.25) is 0 Å². The van der Waals surface area contributed by atoms with Crippen LogP contribution >= 0.6 is 0 Å². The van der Waals surface area contributed by atoms with Crippen molar-refractivity contribution in [1.29, 1.82) is 0 Å². The standard InChI is InChI=1S/C24H30F4N6O4/c1-37-13-18(33-7-6-29-21(33)35)15-8-19-31-17(12-34(19)30-11-15)20(14-2-4-23(25,26)5-3-14)32-22(36)38-16-9-24(27,28)10-16/h8,11-12,14,16,18,20H,2-7,9-10,13H2,1H3,(H,29,35)(H,32,36). The summed E-state index contributed by atoms with van der Waals surface area (Å²) in [7, 11) is 1.54. The second-order valence-corrected chi connectivity index (χ2v) is 10.3. The maximum atomic E-state index is 13.9. The minimum absolute atomic E-state index is 0.145. The molecule has 2 atom stereocenters. The Morgan fingerprint density at radius 1 is 1.24 bits per heavy atom. The minimum Gasteiger partial charge on any atom is -0.446 e. The largest absolute Gasteiger partial charge is 0.446 e. The molecule has 208 valence electrons. The number of nitrogens with one attached hydrogen (secondary N) is 2. The number of amides is 3. The van der Waals surface area contributed by atoms with E-state index in [0.717, 1.165) is 0 Å². The molecule has 2 aromatic heterocycles. The van der Waals surface area contributed by atoms with Crippen molar-refractivity contribution in [3.63, 3.8) is 0 Å². The molecule has 2 aliphatic carbocycles. The van der Waals surface area contributed by atoms with Crippen LogP contribution in [0.25, 0.3) is 5.65 Å². The Morgan fingerprint density at radius 3 is 2.61 bits per heavy atom. The Bertz CT molecular complexity index is 1180. The molecule has 3 aliphatic rings. The monoisotopic (exact) mass is 542 g/mol. The van der Waals surface area contributed by atoms with Crippen LogP contribution in [0.5, 0.6) is 0 Å². The third-order valence-corrected chi connectivity index (χ3v) is 7.49. The van der Waals surface area contributed by atoms with Crippen molar-refractivity contribution in [1.82, 2.24) is 30.1 Å². The molecule has 38 heavy (non-hydrogen) atoms. The maximum Gasteiger partial charge on any atom is 0.407 e. The first-order valence-electron chi connectivity index (χ1n) is 12.6. The van der Waals surface area contributed by atoms with Gasteiger partial charge in [-0.15, -0.1) is 0 Å². The molecule has 0 spiro atoms. The van der Waals surface area contributed by atoms with E-state index < -0.39 is 49.0 Å². The molecular formula is C24H30F4N6O4. The van der Waals surface area contributed by atoms with Crippen LogP contribution < -0.4 is 10.6 Å². The fourth-order valence-electron chi connectivity index (χ4n) is 5.38. The number of alkyl halides is 4. The fraction of sp³-hybridized carbons (Fsp3) is 0.667. The average Bonchev–Trinajstić information content (AvgIpc) is 3.45. The first kappa shape index (κ1) is 26.4. The Morgan fingerprint density at radius 2 is 1.97 bits per heavy atom. The van der Waals surface area contributed by atoms with Crippen molar-refractivity contribution in [2.75, 3.05) is 26.8 Å². The number of imidazole rings is 1. The first-order valence-corrected chi connectivity index (χ1v) is 12.6. The quantitative estimate of drug-likeness (QED) is 0.491. The number of nitrogens with zero attached hydrogens (tertiary/aromatic N) is 4. The zero-order chi connectivity index (χ0) is 27.1. The van der Waals surface area contributed by atoms with E-state index in [1.807, 2.05) is 0 Å². The van der Waals surface area contributed by atoms with Gasteiger partial charge in [-0.2, -0.15) is 5.10 Å². The maximum absolute atomic E-state index is 13.9. The van der Waals surface area contributed by atoms with Crippen LogP contribution in [0, 0.1) is 5.92 Å². The number of ether oxygens (including phenoxy) is 2. The zero-order valence-corrected chi connectivity index (χ0v) is 20.8. The predicted octanol–water partition coefficient (Wildman–Crippen LogP) is 3.83. The number of fused-ring (bicyclic) bond motifs is 1. The van der Waals surface area contributed by atoms with E-state index in [9.17, 15) is 27.2 Å². The van der Waals surface area contributed by atoms with Crippen LogP contribution in [0.2, 0.25) is 0 Å². The molecule has 0 bridgehead atoms. The predicted molar refractivity (Wildman–Crippen MR) is 125 cm³/mol. The lowest BCUT2D eigenvalue weighted by Gasteiger charge is -2.36. The molecule has 0 radical (unpaired) electrons. The van der Waals surface area contributed by atoms with Crippen LogP contribution in [0.3, 0.4) is 0 Å². The molecule has 3 amide bonds. The Hall–Kier alpha value is -3.16. The number of carbonyl (C=O) groups is 2. The van der Waals surface area contributed by atoms with E-state index in [1.165, 1.54) is 11.6 Å². The van der Waals surface area contributed by atoms with E-state index in [-0.39, 0.29) is 44.2 Å². The van der Waals surface area contributed by atoms with Gasteiger partial charge in [0.15, 0.2) is 5.65 Å². The average molecular weight is 543 g/mol. The molecule has 2 unspecified atom stereocenters. The second-order valence-electron chi connectivity index (χ2n) is 10.3. The number of alkyl carbamates (subject to hydrolysis) is 1. The number of carbonyl (C=O) groups excluding carboxylic acids is 2. The molecule has 2 aromatic rings. The van der Waals surface area contributed by atoms with E-state index in [1.54, 1.807) is 23.4 Å². The summed E-state index contributed by atoms with van der Waals surface area (Å²) in [5, 5.41) is 9.87. The van der Waals surface area contributed by atoms with E-state index in [0.29, 0.717) is 30.0 Å². The van der Waals surface area contributed by atoms with Gasteiger partial charge in [0.25, 0.3) is 5.92 Å². The summed E-state index contributed by atoms with van der Waals surface area (Å²) in [6.45, 7) is 1.26. The number of urea groups is 1.